The van der Waals surface area contributed by atoms with Crippen molar-refractivity contribution in [3.8, 4) is 0 Å². The van der Waals surface area contributed by atoms with Crippen LogP contribution in [0.25, 0.3) is 10.8 Å². The summed E-state index contributed by atoms with van der Waals surface area (Å²) >= 11 is 0. The minimum absolute atomic E-state index is 0.102. The first kappa shape index (κ1) is 20.4. The molecule has 30 heavy (non-hydrogen) atoms. The van der Waals surface area contributed by atoms with Gasteiger partial charge in [0.15, 0.2) is 0 Å². The van der Waals surface area contributed by atoms with Crippen LogP contribution in [-0.4, -0.2) is 43.0 Å². The molecule has 3 aromatic rings. The van der Waals surface area contributed by atoms with Crippen molar-refractivity contribution in [2.45, 2.75) is 32.7 Å². The molecule has 0 spiro atoms. The maximum absolute atomic E-state index is 12.7. The van der Waals surface area contributed by atoms with E-state index >= 15 is 0 Å². The number of carbonyl (C=O) groups is 1. The van der Waals surface area contributed by atoms with Gasteiger partial charge in [-0.25, -0.2) is 0 Å². The van der Waals surface area contributed by atoms with Crippen LogP contribution in [-0.2, 0) is 0 Å². The average Bonchev–Trinajstić information content (AvgIpc) is 2.81. The minimum Gasteiger partial charge on any atom is -0.339 e. The lowest BCUT2D eigenvalue weighted by Crippen LogP contribution is -2.41. The number of piperidine rings is 1. The van der Waals surface area contributed by atoms with Crippen molar-refractivity contribution in [3.63, 3.8) is 0 Å². The predicted molar refractivity (Wildman–Crippen MR) is 126 cm³/mol. The second-order valence-corrected chi connectivity index (χ2v) is 7.87. The van der Waals surface area contributed by atoms with Crippen LogP contribution in [0.5, 0.6) is 0 Å². The van der Waals surface area contributed by atoms with Crippen molar-refractivity contribution >= 4 is 28.1 Å². The molecule has 0 radical (unpaired) electrons. The Balaban J connectivity index is 1.74. The molecular formula is C26H31N3O. The number of nitrogens with one attached hydrogen (secondary N) is 1. The lowest BCUT2D eigenvalue weighted by atomic mass is 10.00. The van der Waals surface area contributed by atoms with Crippen LogP contribution in [0.1, 0.15) is 37.0 Å². The highest BCUT2D eigenvalue weighted by Gasteiger charge is 2.24. The second-order valence-electron chi connectivity index (χ2n) is 7.87. The Morgan fingerprint density at radius 3 is 2.27 bits per heavy atom. The summed E-state index contributed by atoms with van der Waals surface area (Å²) in [5.74, 6) is 0.102. The fraction of sp³-hybridized carbons (Fsp3) is 0.346. The maximum atomic E-state index is 12.7. The number of rotatable bonds is 6. The largest absolute Gasteiger partial charge is 0.339 e. The number of fused-ring (bicyclic) bond motifs is 1. The Kier molecular flexibility index (Phi) is 6.34. The van der Waals surface area contributed by atoms with Crippen molar-refractivity contribution in [3.05, 3.63) is 72.3 Å². The van der Waals surface area contributed by atoms with Crippen LogP contribution in [0.4, 0.5) is 11.4 Å². The Hall–Kier alpha value is -2.85. The van der Waals surface area contributed by atoms with Crippen molar-refractivity contribution in [2.75, 3.05) is 31.1 Å². The number of carbonyl (C=O) groups excluding carboxylic acids is 1. The third kappa shape index (κ3) is 4.05. The van der Waals surface area contributed by atoms with Crippen LogP contribution in [0.2, 0.25) is 0 Å². The molecule has 3 aromatic carbocycles. The minimum atomic E-state index is 0.102. The summed E-state index contributed by atoms with van der Waals surface area (Å²) < 4.78 is 0. The zero-order chi connectivity index (χ0) is 20.9. The van der Waals surface area contributed by atoms with E-state index in [2.05, 4.69) is 64.8 Å². The summed E-state index contributed by atoms with van der Waals surface area (Å²) in [6.45, 7) is 7.57. The summed E-state index contributed by atoms with van der Waals surface area (Å²) in [6, 6.07) is 23.7. The normalized spacial score (nSPS) is 14.6. The molecule has 4 rings (SSSR count). The molecule has 1 aliphatic rings. The number of hydrogen-bond donors (Lipinski definition) is 1. The summed E-state index contributed by atoms with van der Waals surface area (Å²) in [5.41, 5.74) is 3.14. The summed E-state index contributed by atoms with van der Waals surface area (Å²) in [4.78, 5) is 17.1. The molecular weight excluding hydrogens is 370 g/mol. The molecule has 1 heterocycles. The Bertz CT molecular complexity index is 983. The quantitative estimate of drug-likeness (QED) is 0.616. The molecule has 1 fully saturated rings. The van der Waals surface area contributed by atoms with Gasteiger partial charge >= 0.3 is 0 Å². The monoisotopic (exact) mass is 401 g/mol. The van der Waals surface area contributed by atoms with E-state index in [-0.39, 0.29) is 5.91 Å². The molecule has 156 valence electrons. The first-order valence-corrected chi connectivity index (χ1v) is 11.1. The molecule has 0 aliphatic carbocycles. The van der Waals surface area contributed by atoms with E-state index in [1.807, 2.05) is 30.9 Å². The van der Waals surface area contributed by atoms with Crippen molar-refractivity contribution in [1.29, 1.82) is 0 Å². The third-order valence-corrected chi connectivity index (χ3v) is 6.14. The van der Waals surface area contributed by atoms with E-state index in [1.165, 1.54) is 16.5 Å². The maximum Gasteiger partial charge on any atom is 0.253 e. The molecule has 0 saturated carbocycles. The number of benzene rings is 3. The van der Waals surface area contributed by atoms with Gasteiger partial charge in [-0.15, -0.1) is 0 Å². The first-order valence-electron chi connectivity index (χ1n) is 11.1. The van der Waals surface area contributed by atoms with E-state index in [0.29, 0.717) is 6.04 Å². The first-order chi connectivity index (χ1) is 14.7. The van der Waals surface area contributed by atoms with Gasteiger partial charge in [0.1, 0.15) is 0 Å². The molecule has 0 atom stereocenters. The zero-order valence-corrected chi connectivity index (χ0v) is 18.0. The molecule has 1 saturated heterocycles. The lowest BCUT2D eigenvalue weighted by molar-refractivity contribution is 0.0773. The SMILES string of the molecule is CCN(CC)C(=O)c1ccc(N(c2cccc3ccccc23)C2CCNCC2)cc1. The van der Waals surface area contributed by atoms with Crippen LogP contribution < -0.4 is 10.2 Å². The second kappa shape index (κ2) is 9.31. The summed E-state index contributed by atoms with van der Waals surface area (Å²) in [6.07, 6.45) is 2.20. The zero-order valence-electron chi connectivity index (χ0n) is 18.0. The molecule has 1 amide bonds. The van der Waals surface area contributed by atoms with Gasteiger partial charge in [0.2, 0.25) is 0 Å². The van der Waals surface area contributed by atoms with Crippen LogP contribution in [0.3, 0.4) is 0 Å². The van der Waals surface area contributed by atoms with Gasteiger partial charge in [-0.1, -0.05) is 36.4 Å². The highest BCUT2D eigenvalue weighted by molar-refractivity contribution is 5.97. The highest BCUT2D eigenvalue weighted by atomic mass is 16.2. The Labute approximate surface area is 179 Å². The molecule has 0 aromatic heterocycles. The van der Waals surface area contributed by atoms with E-state index < -0.39 is 0 Å². The lowest BCUT2D eigenvalue weighted by Gasteiger charge is -2.37. The van der Waals surface area contributed by atoms with Gasteiger partial charge in [-0.05, 0) is 75.5 Å². The third-order valence-electron chi connectivity index (χ3n) is 6.14. The van der Waals surface area contributed by atoms with Gasteiger partial charge in [0, 0.05) is 41.5 Å². The van der Waals surface area contributed by atoms with Gasteiger partial charge in [-0.2, -0.15) is 0 Å². The van der Waals surface area contributed by atoms with E-state index in [9.17, 15) is 4.79 Å². The van der Waals surface area contributed by atoms with Crippen molar-refractivity contribution in [1.82, 2.24) is 10.2 Å². The molecule has 4 nitrogen and oxygen atoms in total. The fourth-order valence-electron chi connectivity index (χ4n) is 4.49. The number of hydrogen-bond acceptors (Lipinski definition) is 3. The van der Waals surface area contributed by atoms with E-state index in [1.54, 1.807) is 0 Å². The molecule has 4 heteroatoms. The molecule has 0 bridgehead atoms. The number of amides is 1. The highest BCUT2D eigenvalue weighted by Crippen LogP contribution is 2.36. The predicted octanol–water partition coefficient (Wildman–Crippen LogP) is 5.21. The fourth-order valence-corrected chi connectivity index (χ4v) is 4.49. The van der Waals surface area contributed by atoms with Crippen LogP contribution >= 0.6 is 0 Å². The standard InChI is InChI=1S/C26H31N3O/c1-3-28(4-2)26(30)21-12-14-22(15-13-21)29(23-16-18-27-19-17-23)25-11-7-9-20-8-5-6-10-24(20)25/h5-15,23,27H,3-4,16-19H2,1-2H3. The molecule has 1 aliphatic heterocycles. The van der Waals surface area contributed by atoms with E-state index in [4.69, 9.17) is 0 Å². The summed E-state index contributed by atoms with van der Waals surface area (Å²) in [7, 11) is 0. The molecule has 1 N–H and O–H groups in total. The number of nitrogens with zero attached hydrogens (tertiary/aromatic N) is 2. The van der Waals surface area contributed by atoms with Gasteiger partial charge < -0.3 is 15.1 Å². The van der Waals surface area contributed by atoms with Gasteiger partial charge in [-0.3, -0.25) is 4.79 Å². The van der Waals surface area contributed by atoms with E-state index in [0.717, 1.165) is 50.3 Å². The van der Waals surface area contributed by atoms with Crippen molar-refractivity contribution in [2.24, 2.45) is 0 Å². The Morgan fingerprint density at radius 1 is 0.900 bits per heavy atom. The topological polar surface area (TPSA) is 35.6 Å². The smallest absolute Gasteiger partial charge is 0.253 e. The van der Waals surface area contributed by atoms with Crippen molar-refractivity contribution < 1.29 is 4.79 Å². The van der Waals surface area contributed by atoms with Crippen LogP contribution in [0.15, 0.2) is 66.7 Å². The van der Waals surface area contributed by atoms with Crippen LogP contribution in [0, 0.1) is 0 Å². The Morgan fingerprint density at radius 2 is 1.57 bits per heavy atom. The summed E-state index contributed by atoms with van der Waals surface area (Å²) in [5, 5.41) is 6.00. The van der Waals surface area contributed by atoms with Gasteiger partial charge in [0.25, 0.3) is 5.91 Å². The molecule has 0 unspecified atom stereocenters. The number of anilines is 2. The van der Waals surface area contributed by atoms with Gasteiger partial charge in [0.05, 0.1) is 0 Å². The average molecular weight is 402 g/mol.